The van der Waals surface area contributed by atoms with Gasteiger partial charge in [-0.05, 0) is 43.9 Å². The van der Waals surface area contributed by atoms with E-state index in [-0.39, 0.29) is 23.8 Å². The maximum absolute atomic E-state index is 12.0. The van der Waals surface area contributed by atoms with Gasteiger partial charge in [-0.1, -0.05) is 6.07 Å². The fourth-order valence-electron chi connectivity index (χ4n) is 2.59. The van der Waals surface area contributed by atoms with Crippen molar-refractivity contribution in [1.29, 1.82) is 0 Å². The minimum absolute atomic E-state index is 0.0986. The molecule has 2 fully saturated rings. The summed E-state index contributed by atoms with van der Waals surface area (Å²) >= 11 is 0. The van der Waals surface area contributed by atoms with Gasteiger partial charge in [0.1, 0.15) is 6.04 Å². The predicted molar refractivity (Wildman–Crippen MR) is 82.2 cm³/mol. The Bertz CT molecular complexity index is 581. The van der Waals surface area contributed by atoms with Crippen LogP contribution in [0.15, 0.2) is 18.2 Å². The molecule has 2 aliphatic rings. The van der Waals surface area contributed by atoms with Gasteiger partial charge in [-0.15, -0.1) is 0 Å². The Labute approximate surface area is 124 Å². The number of likely N-dealkylation sites (tertiary alicyclic amines) is 1. The highest BCUT2D eigenvalue weighted by Crippen LogP contribution is 2.31. The van der Waals surface area contributed by atoms with Gasteiger partial charge in [0, 0.05) is 30.9 Å². The highest BCUT2D eigenvalue weighted by Gasteiger charge is 2.30. The summed E-state index contributed by atoms with van der Waals surface area (Å²) in [6.07, 6.45) is 2.80. The molecule has 1 saturated heterocycles. The number of carbonyl (C=O) groups is 2. The smallest absolute Gasteiger partial charge is 0.244 e. The normalized spacial score (nSPS) is 21.5. The molecule has 21 heavy (non-hydrogen) atoms. The molecule has 0 bridgehead atoms. The first-order chi connectivity index (χ1) is 10.0. The molecule has 1 heterocycles. The van der Waals surface area contributed by atoms with Gasteiger partial charge in [-0.25, -0.2) is 0 Å². The number of nitrogens with one attached hydrogen (secondary N) is 2. The number of likely N-dealkylation sites (N-methyl/N-ethyl adjacent to an activating group) is 1. The molecule has 1 aromatic carbocycles. The Morgan fingerprint density at radius 2 is 2.05 bits per heavy atom. The number of nitrogens with zero attached hydrogens (tertiary/aromatic N) is 1. The van der Waals surface area contributed by atoms with Crippen LogP contribution in [0.5, 0.6) is 0 Å². The van der Waals surface area contributed by atoms with Gasteiger partial charge in [0.05, 0.1) is 0 Å². The molecule has 1 aliphatic carbocycles. The summed E-state index contributed by atoms with van der Waals surface area (Å²) in [5, 5.41) is 6.25. The van der Waals surface area contributed by atoms with E-state index in [1.165, 1.54) is 0 Å². The molecule has 1 aromatic rings. The van der Waals surface area contributed by atoms with E-state index in [1.807, 2.05) is 32.2 Å². The van der Waals surface area contributed by atoms with Crippen LogP contribution in [-0.2, 0) is 9.59 Å². The Morgan fingerprint density at radius 3 is 2.67 bits per heavy atom. The van der Waals surface area contributed by atoms with Crippen molar-refractivity contribution in [3.8, 4) is 0 Å². The molecule has 0 spiro atoms. The highest BCUT2D eigenvalue weighted by molar-refractivity contribution is 5.94. The number of hydrogen-bond donors (Lipinski definition) is 2. The second-order valence-electron chi connectivity index (χ2n) is 6.04. The van der Waals surface area contributed by atoms with Crippen molar-refractivity contribution in [2.45, 2.75) is 32.2 Å². The van der Waals surface area contributed by atoms with Crippen molar-refractivity contribution in [2.24, 2.45) is 5.92 Å². The lowest BCUT2D eigenvalue weighted by Gasteiger charge is -2.16. The van der Waals surface area contributed by atoms with Crippen LogP contribution in [0.1, 0.15) is 24.8 Å². The maximum atomic E-state index is 12.0. The van der Waals surface area contributed by atoms with Gasteiger partial charge < -0.3 is 15.5 Å². The van der Waals surface area contributed by atoms with Crippen molar-refractivity contribution < 1.29 is 9.59 Å². The van der Waals surface area contributed by atoms with Crippen molar-refractivity contribution in [1.82, 2.24) is 4.90 Å². The van der Waals surface area contributed by atoms with Crippen LogP contribution >= 0.6 is 0 Å². The van der Waals surface area contributed by atoms with Crippen molar-refractivity contribution in [3.05, 3.63) is 23.8 Å². The fourth-order valence-corrected chi connectivity index (χ4v) is 2.59. The summed E-state index contributed by atoms with van der Waals surface area (Å²) in [6, 6.07) is 5.63. The summed E-state index contributed by atoms with van der Waals surface area (Å²) < 4.78 is 0. The Kier molecular flexibility index (Phi) is 3.57. The van der Waals surface area contributed by atoms with Gasteiger partial charge in [0.15, 0.2) is 0 Å². The van der Waals surface area contributed by atoms with Gasteiger partial charge in [0.2, 0.25) is 11.8 Å². The molecule has 112 valence electrons. The van der Waals surface area contributed by atoms with Crippen LogP contribution in [0.4, 0.5) is 11.4 Å². The van der Waals surface area contributed by atoms with Crippen molar-refractivity contribution in [2.75, 3.05) is 24.2 Å². The average Bonchev–Trinajstić information content (AvgIpc) is 3.25. The van der Waals surface area contributed by atoms with E-state index in [0.717, 1.165) is 42.7 Å². The molecule has 2 N–H and O–H groups in total. The number of benzene rings is 1. The second kappa shape index (κ2) is 5.39. The molecule has 1 unspecified atom stereocenters. The lowest BCUT2D eigenvalue weighted by Crippen LogP contribution is -2.31. The highest BCUT2D eigenvalue weighted by atomic mass is 16.2. The van der Waals surface area contributed by atoms with Gasteiger partial charge >= 0.3 is 0 Å². The molecule has 0 radical (unpaired) electrons. The summed E-state index contributed by atoms with van der Waals surface area (Å²) in [4.78, 5) is 25.5. The number of anilines is 2. The zero-order valence-electron chi connectivity index (χ0n) is 12.5. The number of carbonyl (C=O) groups excluding carboxylic acids is 2. The van der Waals surface area contributed by atoms with E-state index in [2.05, 4.69) is 10.6 Å². The number of amides is 2. The Morgan fingerprint density at radius 1 is 1.29 bits per heavy atom. The molecule has 5 nitrogen and oxygen atoms in total. The molecule has 3 rings (SSSR count). The molecule has 1 aliphatic heterocycles. The van der Waals surface area contributed by atoms with E-state index in [1.54, 1.807) is 4.90 Å². The standard InChI is InChI=1S/C16H21N3O2/c1-10-3-6-12(17-15(20)11-4-5-11)9-14(10)18-13-7-8-19(2)16(13)21/h3,6,9,11,13,18H,4-5,7-8H2,1-2H3,(H,17,20). The minimum atomic E-state index is -0.164. The van der Waals surface area contributed by atoms with E-state index in [4.69, 9.17) is 0 Å². The first-order valence-electron chi connectivity index (χ1n) is 7.47. The fraction of sp³-hybridized carbons (Fsp3) is 0.500. The summed E-state index contributed by atoms with van der Waals surface area (Å²) in [7, 11) is 1.82. The maximum Gasteiger partial charge on any atom is 0.244 e. The van der Waals surface area contributed by atoms with Crippen LogP contribution in [0, 0.1) is 12.8 Å². The Balaban J connectivity index is 1.71. The van der Waals surface area contributed by atoms with E-state index in [9.17, 15) is 9.59 Å². The van der Waals surface area contributed by atoms with E-state index in [0.29, 0.717) is 0 Å². The van der Waals surface area contributed by atoms with Gasteiger partial charge in [0.25, 0.3) is 0 Å². The molecule has 5 heteroatoms. The predicted octanol–water partition coefficient (Wildman–Crippen LogP) is 1.99. The third kappa shape index (κ3) is 3.01. The minimum Gasteiger partial charge on any atom is -0.373 e. The SMILES string of the molecule is Cc1ccc(NC(=O)C2CC2)cc1NC1CCN(C)C1=O. The molecule has 1 atom stereocenters. The van der Waals surface area contributed by atoms with Crippen molar-refractivity contribution >= 4 is 23.2 Å². The van der Waals surface area contributed by atoms with E-state index < -0.39 is 0 Å². The lowest BCUT2D eigenvalue weighted by molar-refractivity contribution is -0.127. The molecule has 1 saturated carbocycles. The second-order valence-corrected chi connectivity index (χ2v) is 6.04. The van der Waals surface area contributed by atoms with Crippen molar-refractivity contribution in [3.63, 3.8) is 0 Å². The van der Waals surface area contributed by atoms with Crippen LogP contribution < -0.4 is 10.6 Å². The number of rotatable bonds is 4. The van der Waals surface area contributed by atoms with E-state index >= 15 is 0 Å². The van der Waals surface area contributed by atoms with Crippen LogP contribution in [0.25, 0.3) is 0 Å². The number of aryl methyl sites for hydroxylation is 1. The average molecular weight is 287 g/mol. The summed E-state index contributed by atoms with van der Waals surface area (Å²) in [5.41, 5.74) is 2.78. The Hall–Kier alpha value is -2.04. The molecule has 2 amide bonds. The van der Waals surface area contributed by atoms with Crippen LogP contribution in [-0.4, -0.2) is 36.3 Å². The van der Waals surface area contributed by atoms with Crippen LogP contribution in [0.3, 0.4) is 0 Å². The third-order valence-corrected chi connectivity index (χ3v) is 4.21. The number of hydrogen-bond acceptors (Lipinski definition) is 3. The topological polar surface area (TPSA) is 61.4 Å². The largest absolute Gasteiger partial charge is 0.373 e. The zero-order valence-corrected chi connectivity index (χ0v) is 12.5. The quantitative estimate of drug-likeness (QED) is 0.890. The summed E-state index contributed by atoms with van der Waals surface area (Å²) in [6.45, 7) is 2.78. The first-order valence-corrected chi connectivity index (χ1v) is 7.47. The van der Waals surface area contributed by atoms with Gasteiger partial charge in [-0.3, -0.25) is 9.59 Å². The monoisotopic (exact) mass is 287 g/mol. The van der Waals surface area contributed by atoms with Crippen LogP contribution in [0.2, 0.25) is 0 Å². The molecular weight excluding hydrogens is 266 g/mol. The lowest BCUT2D eigenvalue weighted by atomic mass is 10.1. The first kappa shape index (κ1) is 13.9. The molecular formula is C16H21N3O2. The molecule has 0 aromatic heterocycles. The third-order valence-electron chi connectivity index (χ3n) is 4.21. The zero-order chi connectivity index (χ0) is 15.0. The van der Waals surface area contributed by atoms with Gasteiger partial charge in [-0.2, -0.15) is 0 Å². The summed E-state index contributed by atoms with van der Waals surface area (Å²) in [5.74, 6) is 0.413.